The Morgan fingerprint density at radius 2 is 1.80 bits per heavy atom. The Bertz CT molecular complexity index is 597. The minimum atomic E-state index is -0.235. The van der Waals surface area contributed by atoms with Crippen molar-refractivity contribution in [3.05, 3.63) is 65.5 Å². The molecule has 2 aromatic carbocycles. The highest BCUT2D eigenvalue weighted by Gasteiger charge is 2.10. The first kappa shape index (κ1) is 14.5. The third kappa shape index (κ3) is 3.14. The highest BCUT2D eigenvalue weighted by Crippen LogP contribution is 2.31. The van der Waals surface area contributed by atoms with Crippen LogP contribution in [-0.4, -0.2) is 11.7 Å². The molecule has 2 aromatic rings. The molecule has 0 aliphatic rings. The van der Waals surface area contributed by atoms with Gasteiger partial charge in [-0.15, -0.1) is 0 Å². The normalized spacial score (nSPS) is 11.4. The van der Waals surface area contributed by atoms with Crippen LogP contribution in [0.15, 0.2) is 48.5 Å². The molecule has 1 nitrogen and oxygen atoms in total. The summed E-state index contributed by atoms with van der Waals surface area (Å²) in [6, 6.07) is 12.6. The Morgan fingerprint density at radius 1 is 1.10 bits per heavy atom. The van der Waals surface area contributed by atoms with Crippen LogP contribution in [0, 0.1) is 5.82 Å². The van der Waals surface area contributed by atoms with Gasteiger partial charge < -0.3 is 5.11 Å². The summed E-state index contributed by atoms with van der Waals surface area (Å²) in [5.74, 6) is 0.148. The average molecular weight is 270 g/mol. The predicted molar refractivity (Wildman–Crippen MR) is 82.0 cm³/mol. The summed E-state index contributed by atoms with van der Waals surface area (Å²) >= 11 is 0. The molecular weight excluding hydrogens is 251 g/mol. The predicted octanol–water partition coefficient (Wildman–Crippen LogP) is 4.62. The van der Waals surface area contributed by atoms with Crippen molar-refractivity contribution < 1.29 is 9.50 Å². The molecule has 20 heavy (non-hydrogen) atoms. The Balaban J connectivity index is 2.59. The first-order valence-corrected chi connectivity index (χ1v) is 6.79. The van der Waals surface area contributed by atoms with Gasteiger partial charge in [0.2, 0.25) is 0 Å². The molecule has 2 rings (SSSR count). The smallest absolute Gasteiger partial charge is 0.123 e. The van der Waals surface area contributed by atoms with E-state index < -0.39 is 0 Å². The third-order valence-corrected chi connectivity index (χ3v) is 3.31. The molecule has 0 saturated carbocycles. The molecule has 0 radical (unpaired) electrons. The largest absolute Gasteiger partial charge is 0.392 e. The van der Waals surface area contributed by atoms with Crippen LogP contribution in [0.3, 0.4) is 0 Å². The zero-order chi connectivity index (χ0) is 14.5. The summed E-state index contributed by atoms with van der Waals surface area (Å²) < 4.78 is 13.1. The molecular formula is C18H19FO. The van der Waals surface area contributed by atoms with Gasteiger partial charge in [-0.1, -0.05) is 56.3 Å². The van der Waals surface area contributed by atoms with Gasteiger partial charge in [-0.05, 0) is 40.3 Å². The Labute approximate surface area is 119 Å². The van der Waals surface area contributed by atoms with E-state index in [0.717, 1.165) is 16.7 Å². The number of benzene rings is 2. The molecule has 0 atom stereocenters. The summed E-state index contributed by atoms with van der Waals surface area (Å²) in [5.41, 5.74) is 4.34. The lowest BCUT2D eigenvalue weighted by atomic mass is 9.90. The molecule has 1 N–H and O–H groups in total. The van der Waals surface area contributed by atoms with Gasteiger partial charge in [-0.2, -0.15) is 0 Å². The maximum Gasteiger partial charge on any atom is 0.123 e. The lowest BCUT2D eigenvalue weighted by Crippen LogP contribution is -1.95. The molecule has 0 unspecified atom stereocenters. The monoisotopic (exact) mass is 270 g/mol. The fourth-order valence-electron chi connectivity index (χ4n) is 2.32. The average Bonchev–Trinajstić information content (AvgIpc) is 2.45. The van der Waals surface area contributed by atoms with E-state index in [-0.39, 0.29) is 12.4 Å². The van der Waals surface area contributed by atoms with Crippen molar-refractivity contribution in [3.63, 3.8) is 0 Å². The van der Waals surface area contributed by atoms with Gasteiger partial charge in [0.05, 0.1) is 6.61 Å². The minimum absolute atomic E-state index is 0.00921. The van der Waals surface area contributed by atoms with E-state index in [4.69, 9.17) is 5.11 Å². The fraction of sp³-hybridized carbons (Fsp3) is 0.222. The number of halogens is 1. The highest BCUT2D eigenvalue weighted by molar-refractivity contribution is 5.77. The van der Waals surface area contributed by atoms with Gasteiger partial charge in [0.25, 0.3) is 0 Å². The van der Waals surface area contributed by atoms with E-state index in [1.807, 2.05) is 18.2 Å². The SMILES string of the molecule is CC(C)c1cccc(-c2ccc(F)cc2)c1C=CCO. The van der Waals surface area contributed by atoms with Gasteiger partial charge in [0.15, 0.2) is 0 Å². The van der Waals surface area contributed by atoms with Crippen LogP contribution in [0.2, 0.25) is 0 Å². The van der Waals surface area contributed by atoms with Crippen LogP contribution < -0.4 is 0 Å². The van der Waals surface area contributed by atoms with E-state index in [1.165, 1.54) is 17.7 Å². The molecule has 0 spiro atoms. The summed E-state index contributed by atoms with van der Waals surface area (Å²) in [5, 5.41) is 9.02. The van der Waals surface area contributed by atoms with Gasteiger partial charge in [-0.3, -0.25) is 0 Å². The second kappa shape index (κ2) is 6.49. The molecule has 0 heterocycles. The van der Waals surface area contributed by atoms with Crippen LogP contribution in [0.4, 0.5) is 4.39 Å². The molecule has 0 bridgehead atoms. The van der Waals surface area contributed by atoms with Crippen molar-refractivity contribution in [3.8, 4) is 11.1 Å². The molecule has 0 aliphatic heterocycles. The van der Waals surface area contributed by atoms with Crippen LogP contribution in [0.1, 0.15) is 30.9 Å². The fourth-order valence-corrected chi connectivity index (χ4v) is 2.32. The van der Waals surface area contributed by atoms with E-state index in [1.54, 1.807) is 18.2 Å². The van der Waals surface area contributed by atoms with Gasteiger partial charge in [0.1, 0.15) is 5.82 Å². The van der Waals surface area contributed by atoms with Crippen LogP contribution in [-0.2, 0) is 0 Å². The maximum atomic E-state index is 13.1. The second-order valence-electron chi connectivity index (χ2n) is 5.06. The minimum Gasteiger partial charge on any atom is -0.392 e. The Kier molecular flexibility index (Phi) is 4.70. The number of hydrogen-bond acceptors (Lipinski definition) is 1. The number of rotatable bonds is 4. The molecule has 0 fully saturated rings. The Morgan fingerprint density at radius 3 is 2.40 bits per heavy atom. The zero-order valence-electron chi connectivity index (χ0n) is 11.8. The second-order valence-corrected chi connectivity index (χ2v) is 5.06. The van der Waals surface area contributed by atoms with Crippen LogP contribution >= 0.6 is 0 Å². The van der Waals surface area contributed by atoms with Gasteiger partial charge in [-0.25, -0.2) is 4.39 Å². The van der Waals surface area contributed by atoms with Crippen molar-refractivity contribution in [1.29, 1.82) is 0 Å². The topological polar surface area (TPSA) is 20.2 Å². The summed E-state index contributed by atoms with van der Waals surface area (Å²) in [4.78, 5) is 0. The molecule has 0 saturated heterocycles. The summed E-state index contributed by atoms with van der Waals surface area (Å²) in [6.45, 7) is 4.29. The number of aliphatic hydroxyl groups is 1. The molecule has 104 valence electrons. The van der Waals surface area contributed by atoms with E-state index in [0.29, 0.717) is 5.92 Å². The van der Waals surface area contributed by atoms with E-state index in [9.17, 15) is 4.39 Å². The number of aliphatic hydroxyl groups excluding tert-OH is 1. The third-order valence-electron chi connectivity index (χ3n) is 3.31. The van der Waals surface area contributed by atoms with Crippen molar-refractivity contribution in [2.24, 2.45) is 0 Å². The first-order valence-electron chi connectivity index (χ1n) is 6.79. The molecule has 2 heteroatoms. The van der Waals surface area contributed by atoms with Crippen molar-refractivity contribution >= 4 is 6.08 Å². The lowest BCUT2D eigenvalue weighted by Gasteiger charge is -2.15. The quantitative estimate of drug-likeness (QED) is 0.859. The Hall–Kier alpha value is -1.93. The standard InChI is InChI=1S/C18H19FO/c1-13(2)16-5-3-6-17(18(16)7-4-12-20)14-8-10-15(19)11-9-14/h3-11,13,20H,12H2,1-2H3. The lowest BCUT2D eigenvalue weighted by molar-refractivity contribution is 0.343. The maximum absolute atomic E-state index is 13.1. The first-order chi connectivity index (χ1) is 9.63. The summed E-state index contributed by atoms with van der Waals surface area (Å²) in [6.07, 6.45) is 3.67. The van der Waals surface area contributed by atoms with E-state index >= 15 is 0 Å². The van der Waals surface area contributed by atoms with Crippen LogP contribution in [0.5, 0.6) is 0 Å². The van der Waals surface area contributed by atoms with Crippen molar-refractivity contribution in [1.82, 2.24) is 0 Å². The molecule has 0 aliphatic carbocycles. The van der Waals surface area contributed by atoms with Crippen LogP contribution in [0.25, 0.3) is 17.2 Å². The van der Waals surface area contributed by atoms with E-state index in [2.05, 4.69) is 19.9 Å². The van der Waals surface area contributed by atoms with Gasteiger partial charge in [0, 0.05) is 0 Å². The zero-order valence-corrected chi connectivity index (χ0v) is 11.8. The highest BCUT2D eigenvalue weighted by atomic mass is 19.1. The molecule has 0 amide bonds. The summed E-state index contributed by atoms with van der Waals surface area (Å²) in [7, 11) is 0. The molecule has 0 aromatic heterocycles. The van der Waals surface area contributed by atoms with Crippen molar-refractivity contribution in [2.75, 3.05) is 6.61 Å². The number of hydrogen-bond donors (Lipinski definition) is 1. The van der Waals surface area contributed by atoms with Crippen molar-refractivity contribution in [2.45, 2.75) is 19.8 Å². The van der Waals surface area contributed by atoms with Gasteiger partial charge >= 0.3 is 0 Å².